The van der Waals surface area contributed by atoms with Gasteiger partial charge in [-0.1, -0.05) is 0 Å². The largest absolute Gasteiger partial charge is 0.341 e. The van der Waals surface area contributed by atoms with Crippen molar-refractivity contribution in [2.75, 3.05) is 26.2 Å². The van der Waals surface area contributed by atoms with Crippen molar-refractivity contribution in [1.29, 1.82) is 0 Å². The number of hydrogen-bond donors (Lipinski definition) is 2. The zero-order chi connectivity index (χ0) is 17.6. The molecule has 1 amide bonds. The molecule has 2 N–H and O–H groups in total. The lowest BCUT2D eigenvalue weighted by molar-refractivity contribution is -0.131. The molecule has 24 heavy (non-hydrogen) atoms. The standard InChI is InChI=1S/C15H25N5O3S/c1-9-14(11(3)19(4)17-9)24(22,23)18-10(2)15(21)20-7-12-5-16-6-13(12)8-20/h10,12-13,16,18H,5-8H2,1-4H3/t10?,12-,13+. The Morgan fingerprint density at radius 1 is 1.29 bits per heavy atom. The van der Waals surface area contributed by atoms with E-state index in [9.17, 15) is 13.2 Å². The van der Waals surface area contributed by atoms with E-state index in [1.54, 1.807) is 32.7 Å². The molecule has 3 atom stereocenters. The van der Waals surface area contributed by atoms with Crippen LogP contribution in [-0.2, 0) is 21.9 Å². The van der Waals surface area contributed by atoms with E-state index in [4.69, 9.17) is 0 Å². The van der Waals surface area contributed by atoms with Gasteiger partial charge in [-0.15, -0.1) is 0 Å². The topological polar surface area (TPSA) is 96.3 Å². The molecular weight excluding hydrogens is 330 g/mol. The lowest BCUT2D eigenvalue weighted by atomic mass is 10.0. The van der Waals surface area contributed by atoms with Crippen LogP contribution in [0.1, 0.15) is 18.3 Å². The van der Waals surface area contributed by atoms with Crippen LogP contribution in [0.4, 0.5) is 0 Å². The molecular formula is C15H25N5O3S. The number of amides is 1. The molecule has 9 heteroatoms. The highest BCUT2D eigenvalue weighted by molar-refractivity contribution is 7.89. The Morgan fingerprint density at radius 3 is 2.38 bits per heavy atom. The number of rotatable bonds is 4. The summed E-state index contributed by atoms with van der Waals surface area (Å²) in [7, 11) is -2.09. The predicted octanol–water partition coefficient (Wildman–Crippen LogP) is -0.618. The normalized spacial score (nSPS) is 25.1. The predicted molar refractivity (Wildman–Crippen MR) is 88.9 cm³/mol. The van der Waals surface area contributed by atoms with Crippen LogP contribution < -0.4 is 10.0 Å². The smallest absolute Gasteiger partial charge is 0.244 e. The van der Waals surface area contributed by atoms with Gasteiger partial charge in [0.15, 0.2) is 0 Å². The highest BCUT2D eigenvalue weighted by Crippen LogP contribution is 2.27. The first-order chi connectivity index (χ1) is 11.2. The Morgan fingerprint density at radius 2 is 1.88 bits per heavy atom. The Hall–Kier alpha value is -1.45. The molecule has 3 heterocycles. The Bertz CT molecular complexity index is 745. The van der Waals surface area contributed by atoms with Crippen LogP contribution in [0.2, 0.25) is 0 Å². The molecule has 0 aliphatic carbocycles. The summed E-state index contributed by atoms with van der Waals surface area (Å²) in [6.45, 7) is 8.23. The molecule has 2 aliphatic heterocycles. The average Bonchev–Trinajstić information content (AvgIpc) is 3.11. The molecule has 0 aromatic carbocycles. The lowest BCUT2D eigenvalue weighted by Gasteiger charge is -2.22. The molecule has 2 saturated heterocycles. The molecule has 0 radical (unpaired) electrons. The maximum atomic E-state index is 12.7. The second kappa shape index (κ2) is 6.12. The van der Waals surface area contributed by atoms with E-state index in [1.807, 2.05) is 0 Å². The van der Waals surface area contributed by atoms with Crippen molar-refractivity contribution < 1.29 is 13.2 Å². The van der Waals surface area contributed by atoms with E-state index < -0.39 is 16.1 Å². The minimum Gasteiger partial charge on any atom is -0.341 e. The van der Waals surface area contributed by atoms with Gasteiger partial charge in [0.2, 0.25) is 15.9 Å². The van der Waals surface area contributed by atoms with Crippen molar-refractivity contribution in [1.82, 2.24) is 24.7 Å². The van der Waals surface area contributed by atoms with Crippen molar-refractivity contribution in [2.45, 2.75) is 31.7 Å². The summed E-state index contributed by atoms with van der Waals surface area (Å²) in [5.74, 6) is 0.813. The third kappa shape index (κ3) is 2.96. The number of nitrogens with zero attached hydrogens (tertiary/aromatic N) is 3. The summed E-state index contributed by atoms with van der Waals surface area (Å²) in [4.78, 5) is 14.6. The highest BCUT2D eigenvalue weighted by atomic mass is 32.2. The van der Waals surface area contributed by atoms with E-state index in [1.165, 1.54) is 4.68 Å². The molecule has 0 spiro atoms. The Balaban J connectivity index is 1.71. The van der Waals surface area contributed by atoms with Gasteiger partial charge in [-0.3, -0.25) is 9.48 Å². The van der Waals surface area contributed by atoms with E-state index in [2.05, 4.69) is 15.1 Å². The minimum absolute atomic E-state index is 0.159. The quantitative estimate of drug-likeness (QED) is 0.751. The Labute approximate surface area is 142 Å². The van der Waals surface area contributed by atoms with Gasteiger partial charge in [-0.2, -0.15) is 9.82 Å². The highest BCUT2D eigenvalue weighted by Gasteiger charge is 2.40. The number of fused-ring (bicyclic) bond motifs is 1. The van der Waals surface area contributed by atoms with Crippen molar-refractivity contribution >= 4 is 15.9 Å². The lowest BCUT2D eigenvalue weighted by Crippen LogP contribution is -2.46. The first kappa shape index (κ1) is 17.4. The molecule has 1 aromatic rings. The zero-order valence-corrected chi connectivity index (χ0v) is 15.4. The van der Waals surface area contributed by atoms with Crippen LogP contribution in [0, 0.1) is 25.7 Å². The van der Waals surface area contributed by atoms with Gasteiger partial charge < -0.3 is 10.2 Å². The maximum absolute atomic E-state index is 12.7. The fraction of sp³-hybridized carbons (Fsp3) is 0.733. The summed E-state index contributed by atoms with van der Waals surface area (Å²) >= 11 is 0. The van der Waals surface area contributed by atoms with Crippen LogP contribution in [0.25, 0.3) is 0 Å². The van der Waals surface area contributed by atoms with Crippen LogP contribution in [0.5, 0.6) is 0 Å². The fourth-order valence-electron chi connectivity index (χ4n) is 3.79. The molecule has 3 rings (SSSR count). The molecule has 0 bridgehead atoms. The molecule has 1 aromatic heterocycles. The van der Waals surface area contributed by atoms with Gasteiger partial charge in [0.25, 0.3) is 0 Å². The average molecular weight is 355 g/mol. The van der Waals surface area contributed by atoms with Gasteiger partial charge in [0.05, 0.1) is 17.4 Å². The number of aryl methyl sites for hydroxylation is 2. The van der Waals surface area contributed by atoms with Crippen LogP contribution in [0.15, 0.2) is 4.90 Å². The molecule has 8 nitrogen and oxygen atoms in total. The maximum Gasteiger partial charge on any atom is 0.244 e. The van der Waals surface area contributed by atoms with Crippen molar-refractivity contribution in [3.8, 4) is 0 Å². The van der Waals surface area contributed by atoms with Gasteiger partial charge in [-0.05, 0) is 32.6 Å². The first-order valence-corrected chi connectivity index (χ1v) is 9.71. The summed E-state index contributed by atoms with van der Waals surface area (Å²) in [6, 6.07) is -0.791. The number of carbonyl (C=O) groups is 1. The van der Waals surface area contributed by atoms with E-state index in [0.717, 1.165) is 13.1 Å². The summed E-state index contributed by atoms with van der Waals surface area (Å²) in [5.41, 5.74) is 0.991. The fourth-order valence-corrected chi connectivity index (χ4v) is 5.43. The number of likely N-dealkylation sites (tertiary alicyclic amines) is 1. The van der Waals surface area contributed by atoms with Crippen LogP contribution in [0.3, 0.4) is 0 Å². The van der Waals surface area contributed by atoms with Gasteiger partial charge in [-0.25, -0.2) is 8.42 Å². The Kier molecular flexibility index (Phi) is 4.43. The molecule has 2 aliphatic rings. The first-order valence-electron chi connectivity index (χ1n) is 8.22. The third-order valence-corrected chi connectivity index (χ3v) is 6.91. The summed E-state index contributed by atoms with van der Waals surface area (Å²) < 4.78 is 29.4. The van der Waals surface area contributed by atoms with Crippen LogP contribution in [-0.4, -0.2) is 61.2 Å². The monoisotopic (exact) mass is 355 g/mol. The second-order valence-corrected chi connectivity index (χ2v) is 8.54. The van der Waals surface area contributed by atoms with Crippen molar-refractivity contribution in [3.63, 3.8) is 0 Å². The second-order valence-electron chi connectivity index (χ2n) is 6.89. The van der Waals surface area contributed by atoms with Crippen LogP contribution >= 0.6 is 0 Å². The molecule has 1 unspecified atom stereocenters. The summed E-state index contributed by atoms with van der Waals surface area (Å²) in [6.07, 6.45) is 0. The number of nitrogens with one attached hydrogen (secondary N) is 2. The molecule has 2 fully saturated rings. The zero-order valence-electron chi connectivity index (χ0n) is 14.5. The van der Waals surface area contributed by atoms with Gasteiger partial charge in [0.1, 0.15) is 4.90 Å². The number of sulfonamides is 1. The van der Waals surface area contributed by atoms with E-state index >= 15 is 0 Å². The summed E-state index contributed by atoms with van der Waals surface area (Å²) in [5, 5.41) is 7.47. The third-order valence-electron chi connectivity index (χ3n) is 5.11. The van der Waals surface area contributed by atoms with Crippen molar-refractivity contribution in [2.24, 2.45) is 18.9 Å². The molecule has 134 valence electrons. The van der Waals surface area contributed by atoms with E-state index in [0.29, 0.717) is 36.3 Å². The minimum atomic E-state index is -3.79. The van der Waals surface area contributed by atoms with E-state index in [-0.39, 0.29) is 10.8 Å². The van der Waals surface area contributed by atoms with Gasteiger partial charge in [0, 0.05) is 33.2 Å². The van der Waals surface area contributed by atoms with Crippen molar-refractivity contribution in [3.05, 3.63) is 11.4 Å². The number of aromatic nitrogens is 2. The number of carbonyl (C=O) groups excluding carboxylic acids is 1. The number of hydrogen-bond acceptors (Lipinski definition) is 5. The van der Waals surface area contributed by atoms with Gasteiger partial charge >= 0.3 is 0 Å². The molecule has 0 saturated carbocycles. The SMILES string of the molecule is Cc1nn(C)c(C)c1S(=O)(=O)NC(C)C(=O)N1C[C@H]2CNC[C@H]2C1.